The number of rotatable bonds is 37. The maximum absolute atomic E-state index is 3.49. The second-order valence-corrected chi connectivity index (χ2v) is 14.4. The molecular weight excluding hydrogens is 544 g/mol. The van der Waals surface area contributed by atoms with Crippen molar-refractivity contribution in [2.24, 2.45) is 0 Å². The molecule has 0 aromatic carbocycles. The van der Waals surface area contributed by atoms with Gasteiger partial charge in [-0.3, -0.25) is 0 Å². The fraction of sp³-hybridized carbons (Fsp3) is 0.860. The average molecular weight is 627 g/mol. The number of allylic oxidation sites excluding steroid dienone is 4. The molecule has 0 aromatic heterocycles. The second kappa shape index (κ2) is 37.3. The number of unbranched alkanes of at least 4 members (excludes halogenated alkanes) is 34. The van der Waals surface area contributed by atoms with Gasteiger partial charge in [0.2, 0.25) is 0 Å². The van der Waals surface area contributed by atoms with Gasteiger partial charge in [0.1, 0.15) is 5.82 Å². The first-order valence-electron chi connectivity index (χ1n) is 21.0. The summed E-state index contributed by atoms with van der Waals surface area (Å²) in [5, 5.41) is 6.75. The molecule has 2 heteroatoms. The van der Waals surface area contributed by atoms with Crippen LogP contribution in [0, 0.1) is 0 Å². The zero-order valence-electron chi connectivity index (χ0n) is 30.8. The Balaban J connectivity index is 1.62. The average Bonchev–Trinajstić information content (AvgIpc) is 3.33. The van der Waals surface area contributed by atoms with E-state index in [0.717, 1.165) is 12.4 Å². The van der Waals surface area contributed by atoms with Crippen LogP contribution in [0.1, 0.15) is 232 Å². The summed E-state index contributed by atoms with van der Waals surface area (Å²) in [5.74, 6) is 1.11. The standard InChI is InChI=1S/C43H82N2/c1-2-3-4-5-6-7-8-9-10-11-12-13-14-15-16-17-18-19-20-21-22-23-24-25-26-27-28-29-30-31-32-33-34-35-38-41-44-43-40-37-36-39-42-45-43/h36-37,39-40,42,44-45H,2-35,38,41H2,1H3. The second-order valence-electron chi connectivity index (χ2n) is 14.4. The minimum Gasteiger partial charge on any atom is -0.372 e. The first kappa shape index (κ1) is 41.8. The van der Waals surface area contributed by atoms with Crippen LogP contribution in [-0.2, 0) is 0 Å². The summed E-state index contributed by atoms with van der Waals surface area (Å²) in [4.78, 5) is 0. The summed E-state index contributed by atoms with van der Waals surface area (Å²) >= 11 is 0. The summed E-state index contributed by atoms with van der Waals surface area (Å²) in [5.41, 5.74) is 0. The largest absolute Gasteiger partial charge is 0.372 e. The third-order valence-electron chi connectivity index (χ3n) is 9.92. The molecule has 264 valence electrons. The van der Waals surface area contributed by atoms with E-state index in [2.05, 4.69) is 29.7 Å². The quantitative estimate of drug-likeness (QED) is 0.0670. The lowest BCUT2D eigenvalue weighted by Crippen LogP contribution is -2.23. The van der Waals surface area contributed by atoms with Crippen LogP contribution in [0.25, 0.3) is 0 Å². The van der Waals surface area contributed by atoms with E-state index in [9.17, 15) is 0 Å². The molecule has 2 N–H and O–H groups in total. The minimum atomic E-state index is 1.07. The van der Waals surface area contributed by atoms with Gasteiger partial charge in [-0.15, -0.1) is 0 Å². The molecule has 2 nitrogen and oxygen atoms in total. The van der Waals surface area contributed by atoms with Crippen molar-refractivity contribution in [3.63, 3.8) is 0 Å². The maximum Gasteiger partial charge on any atom is 0.103 e. The SMILES string of the molecule is CCCCCCCCCCCCCCCCCCCCCCCCCCCCCCCCCCCCCNC1=CC=CC=CN1. The minimum absolute atomic E-state index is 1.07. The first-order valence-corrected chi connectivity index (χ1v) is 21.0. The Kier molecular flexibility index (Phi) is 34.7. The summed E-state index contributed by atoms with van der Waals surface area (Å²) in [6.45, 7) is 3.38. The monoisotopic (exact) mass is 627 g/mol. The molecule has 45 heavy (non-hydrogen) atoms. The van der Waals surface area contributed by atoms with E-state index in [4.69, 9.17) is 0 Å². The lowest BCUT2D eigenvalue weighted by molar-refractivity contribution is 0.510. The smallest absolute Gasteiger partial charge is 0.103 e. The predicted molar refractivity (Wildman–Crippen MR) is 205 cm³/mol. The van der Waals surface area contributed by atoms with Crippen molar-refractivity contribution in [2.45, 2.75) is 232 Å². The maximum atomic E-state index is 3.49. The highest BCUT2D eigenvalue weighted by molar-refractivity contribution is 5.19. The van der Waals surface area contributed by atoms with Crippen molar-refractivity contribution in [3.05, 3.63) is 36.3 Å². The van der Waals surface area contributed by atoms with Gasteiger partial charge in [0.05, 0.1) is 0 Å². The predicted octanol–water partition coefficient (Wildman–Crippen LogP) is 14.8. The summed E-state index contributed by atoms with van der Waals surface area (Å²) in [6.07, 6.45) is 61.4. The third-order valence-corrected chi connectivity index (χ3v) is 9.92. The van der Waals surface area contributed by atoms with Crippen molar-refractivity contribution in [3.8, 4) is 0 Å². The summed E-state index contributed by atoms with van der Waals surface area (Å²) in [6, 6.07) is 0. The topological polar surface area (TPSA) is 24.1 Å². The van der Waals surface area contributed by atoms with Crippen LogP contribution in [0.4, 0.5) is 0 Å². The van der Waals surface area contributed by atoms with Gasteiger partial charge >= 0.3 is 0 Å². The van der Waals surface area contributed by atoms with E-state index in [1.807, 2.05) is 18.4 Å². The van der Waals surface area contributed by atoms with Gasteiger partial charge in [0, 0.05) is 12.7 Å². The van der Waals surface area contributed by atoms with E-state index in [1.165, 1.54) is 225 Å². The Bertz CT molecular complexity index is 648. The Morgan fingerprint density at radius 3 is 0.956 bits per heavy atom. The van der Waals surface area contributed by atoms with Crippen LogP contribution in [0.5, 0.6) is 0 Å². The number of hydrogen-bond acceptors (Lipinski definition) is 2. The highest BCUT2D eigenvalue weighted by Crippen LogP contribution is 2.17. The Labute approximate surface area is 284 Å². The molecule has 0 aliphatic carbocycles. The number of hydrogen-bond donors (Lipinski definition) is 2. The Morgan fingerprint density at radius 2 is 0.644 bits per heavy atom. The molecule has 0 radical (unpaired) electrons. The van der Waals surface area contributed by atoms with E-state index in [1.54, 1.807) is 0 Å². The molecule has 0 atom stereocenters. The van der Waals surface area contributed by atoms with Gasteiger partial charge < -0.3 is 10.6 Å². The first-order chi connectivity index (χ1) is 22.4. The van der Waals surface area contributed by atoms with Crippen LogP contribution in [0.3, 0.4) is 0 Å². The molecule has 0 amide bonds. The molecule has 0 aromatic rings. The normalized spacial score (nSPS) is 12.8. The molecule has 0 unspecified atom stereocenters. The molecule has 0 spiro atoms. The van der Waals surface area contributed by atoms with E-state index < -0.39 is 0 Å². The molecule has 0 saturated heterocycles. The molecule has 1 aliphatic heterocycles. The molecule has 0 bridgehead atoms. The van der Waals surface area contributed by atoms with E-state index in [0.29, 0.717) is 0 Å². The highest BCUT2D eigenvalue weighted by atomic mass is 15.1. The van der Waals surface area contributed by atoms with Crippen LogP contribution in [0.15, 0.2) is 36.3 Å². The van der Waals surface area contributed by atoms with Gasteiger partial charge in [-0.05, 0) is 18.6 Å². The highest BCUT2D eigenvalue weighted by Gasteiger charge is 1.98. The van der Waals surface area contributed by atoms with Crippen LogP contribution < -0.4 is 10.6 Å². The van der Waals surface area contributed by atoms with Crippen molar-refractivity contribution in [2.75, 3.05) is 6.54 Å². The third kappa shape index (κ3) is 34.0. The Hall–Kier alpha value is -1.18. The van der Waals surface area contributed by atoms with Crippen molar-refractivity contribution in [1.29, 1.82) is 0 Å². The van der Waals surface area contributed by atoms with Crippen molar-refractivity contribution in [1.82, 2.24) is 10.6 Å². The lowest BCUT2D eigenvalue weighted by Gasteiger charge is -2.09. The van der Waals surface area contributed by atoms with Gasteiger partial charge in [0.15, 0.2) is 0 Å². The fourth-order valence-corrected chi connectivity index (χ4v) is 6.82. The molecule has 1 heterocycles. The van der Waals surface area contributed by atoms with Crippen LogP contribution >= 0.6 is 0 Å². The molecule has 0 saturated carbocycles. The molecule has 1 aliphatic rings. The molecular formula is C43H82N2. The van der Waals surface area contributed by atoms with E-state index in [-0.39, 0.29) is 0 Å². The zero-order valence-corrected chi connectivity index (χ0v) is 30.8. The molecule has 0 fully saturated rings. The fourth-order valence-electron chi connectivity index (χ4n) is 6.82. The summed E-state index contributed by atoms with van der Waals surface area (Å²) < 4.78 is 0. The van der Waals surface area contributed by atoms with Gasteiger partial charge in [-0.2, -0.15) is 0 Å². The van der Waals surface area contributed by atoms with Gasteiger partial charge in [-0.25, -0.2) is 0 Å². The Morgan fingerprint density at radius 1 is 0.356 bits per heavy atom. The van der Waals surface area contributed by atoms with Gasteiger partial charge in [0.25, 0.3) is 0 Å². The number of nitrogens with one attached hydrogen (secondary N) is 2. The van der Waals surface area contributed by atoms with Crippen molar-refractivity contribution < 1.29 is 0 Å². The van der Waals surface area contributed by atoms with E-state index >= 15 is 0 Å². The van der Waals surface area contributed by atoms with Crippen LogP contribution in [0.2, 0.25) is 0 Å². The zero-order chi connectivity index (χ0) is 32.0. The molecule has 1 rings (SSSR count). The van der Waals surface area contributed by atoms with Crippen molar-refractivity contribution >= 4 is 0 Å². The van der Waals surface area contributed by atoms with Gasteiger partial charge in [-0.1, -0.05) is 237 Å². The lowest BCUT2D eigenvalue weighted by atomic mass is 10.0. The summed E-state index contributed by atoms with van der Waals surface area (Å²) in [7, 11) is 0. The van der Waals surface area contributed by atoms with Crippen LogP contribution in [-0.4, -0.2) is 6.54 Å².